The molecule has 3 aliphatic rings. The molecule has 2 fully saturated rings. The van der Waals surface area contributed by atoms with Crippen LogP contribution in [0.1, 0.15) is 23.2 Å². The highest BCUT2D eigenvalue weighted by Gasteiger charge is 2.38. The van der Waals surface area contributed by atoms with Gasteiger partial charge in [-0.2, -0.15) is 0 Å². The summed E-state index contributed by atoms with van der Waals surface area (Å²) in [5, 5.41) is 3.41. The number of fused-ring (bicyclic) bond motifs is 2. The average Bonchev–Trinajstić information content (AvgIpc) is 3.02. The Morgan fingerprint density at radius 1 is 1.24 bits per heavy atom. The predicted molar refractivity (Wildman–Crippen MR) is 77.9 cm³/mol. The zero-order valence-electron chi connectivity index (χ0n) is 12.0. The fourth-order valence-corrected chi connectivity index (χ4v) is 3.72. The second-order valence-electron chi connectivity index (χ2n) is 5.96. The number of nitrogens with zero attached hydrogens (tertiary/aromatic N) is 1. The summed E-state index contributed by atoms with van der Waals surface area (Å²) >= 11 is 0. The normalized spacial score (nSPS) is 27.3. The van der Waals surface area contributed by atoms with Gasteiger partial charge >= 0.3 is 0 Å². The first-order valence-electron chi connectivity index (χ1n) is 7.75. The van der Waals surface area contributed by atoms with Gasteiger partial charge in [-0.05, 0) is 30.9 Å². The molecule has 1 N–H and O–H groups in total. The molecule has 0 saturated carbocycles. The molecule has 4 rings (SSSR count). The zero-order chi connectivity index (χ0) is 14.2. The highest BCUT2D eigenvalue weighted by Crippen LogP contribution is 2.36. The summed E-state index contributed by atoms with van der Waals surface area (Å²) in [6.07, 6.45) is 2.30. The van der Waals surface area contributed by atoms with Gasteiger partial charge in [0, 0.05) is 25.7 Å². The van der Waals surface area contributed by atoms with Crippen molar-refractivity contribution in [2.24, 2.45) is 5.92 Å². The molecule has 0 radical (unpaired) electrons. The number of ether oxygens (including phenoxy) is 2. The van der Waals surface area contributed by atoms with E-state index in [2.05, 4.69) is 5.32 Å². The minimum atomic E-state index is 0.0794. The summed E-state index contributed by atoms with van der Waals surface area (Å²) in [6.45, 7) is 3.82. The Labute approximate surface area is 124 Å². The van der Waals surface area contributed by atoms with E-state index in [9.17, 15) is 4.79 Å². The first kappa shape index (κ1) is 13.0. The van der Waals surface area contributed by atoms with E-state index in [-0.39, 0.29) is 5.91 Å². The van der Waals surface area contributed by atoms with Gasteiger partial charge in [0.2, 0.25) is 0 Å². The van der Waals surface area contributed by atoms with Crippen molar-refractivity contribution in [2.75, 3.05) is 32.8 Å². The third-order valence-electron chi connectivity index (χ3n) is 4.74. The number of nitrogens with one attached hydrogen (secondary N) is 1. The molecule has 0 spiro atoms. The van der Waals surface area contributed by atoms with Gasteiger partial charge in [0.05, 0.1) is 5.56 Å². The van der Waals surface area contributed by atoms with Crippen molar-refractivity contribution in [1.82, 2.24) is 10.2 Å². The van der Waals surface area contributed by atoms with Crippen LogP contribution in [-0.4, -0.2) is 49.7 Å². The smallest absolute Gasteiger partial charge is 0.258 e. The summed E-state index contributed by atoms with van der Waals surface area (Å²) in [4.78, 5) is 15.0. The third-order valence-corrected chi connectivity index (χ3v) is 4.74. The molecule has 5 nitrogen and oxygen atoms in total. The maximum Gasteiger partial charge on any atom is 0.258 e. The highest BCUT2D eigenvalue weighted by atomic mass is 16.6. The summed E-state index contributed by atoms with van der Waals surface area (Å²) in [5.74, 6) is 1.97. The van der Waals surface area contributed by atoms with Crippen LogP contribution < -0.4 is 14.8 Å². The molecule has 0 bridgehead atoms. The van der Waals surface area contributed by atoms with Crippen LogP contribution in [-0.2, 0) is 0 Å². The largest absolute Gasteiger partial charge is 0.486 e. The number of piperidine rings is 1. The monoisotopic (exact) mass is 288 g/mol. The maximum absolute atomic E-state index is 13.0. The molecular formula is C16H20N2O3. The summed E-state index contributed by atoms with van der Waals surface area (Å²) in [5.41, 5.74) is 0.639. The summed E-state index contributed by atoms with van der Waals surface area (Å²) in [6, 6.07) is 5.91. The molecule has 2 atom stereocenters. The van der Waals surface area contributed by atoms with E-state index in [1.807, 2.05) is 23.1 Å². The van der Waals surface area contributed by atoms with Crippen molar-refractivity contribution in [1.29, 1.82) is 0 Å². The Morgan fingerprint density at radius 2 is 2.14 bits per heavy atom. The van der Waals surface area contributed by atoms with Crippen molar-refractivity contribution in [2.45, 2.75) is 18.9 Å². The van der Waals surface area contributed by atoms with Gasteiger partial charge < -0.3 is 19.7 Å². The quantitative estimate of drug-likeness (QED) is 0.846. The number of amides is 1. The van der Waals surface area contributed by atoms with Crippen LogP contribution in [0.15, 0.2) is 18.2 Å². The Bertz CT molecular complexity index is 560. The van der Waals surface area contributed by atoms with E-state index >= 15 is 0 Å². The number of carbonyl (C=O) groups is 1. The fourth-order valence-electron chi connectivity index (χ4n) is 3.72. The molecule has 1 aromatic rings. The number of likely N-dealkylation sites (tertiary alicyclic amines) is 1. The minimum absolute atomic E-state index is 0.0794. The second kappa shape index (κ2) is 5.22. The molecule has 1 aromatic carbocycles. The predicted octanol–water partition coefficient (Wildman–Crippen LogP) is 1.28. The average molecular weight is 288 g/mol. The molecule has 112 valence electrons. The first-order chi connectivity index (χ1) is 10.3. The lowest BCUT2D eigenvalue weighted by atomic mass is 9.91. The van der Waals surface area contributed by atoms with E-state index in [1.165, 1.54) is 6.42 Å². The molecule has 0 aliphatic carbocycles. The van der Waals surface area contributed by atoms with Crippen LogP contribution in [0.5, 0.6) is 11.5 Å². The number of carbonyl (C=O) groups excluding carboxylic acids is 1. The minimum Gasteiger partial charge on any atom is -0.486 e. The van der Waals surface area contributed by atoms with Crippen LogP contribution in [0.3, 0.4) is 0 Å². The van der Waals surface area contributed by atoms with Crippen LogP contribution in [0.25, 0.3) is 0 Å². The van der Waals surface area contributed by atoms with Gasteiger partial charge in [-0.1, -0.05) is 6.07 Å². The van der Waals surface area contributed by atoms with Gasteiger partial charge in [-0.3, -0.25) is 4.79 Å². The van der Waals surface area contributed by atoms with Crippen molar-refractivity contribution < 1.29 is 14.3 Å². The highest BCUT2D eigenvalue weighted by molar-refractivity contribution is 5.98. The Hall–Kier alpha value is -1.75. The number of para-hydroxylation sites is 1. The Balaban J connectivity index is 1.65. The van der Waals surface area contributed by atoms with Crippen molar-refractivity contribution in [3.8, 4) is 11.5 Å². The SMILES string of the molecule is O=C(c1cccc2c1OCCO2)N1CCCC2CNCC21. The lowest BCUT2D eigenvalue weighted by molar-refractivity contribution is 0.0565. The van der Waals surface area contributed by atoms with E-state index in [0.717, 1.165) is 26.1 Å². The van der Waals surface area contributed by atoms with Gasteiger partial charge in [0.25, 0.3) is 5.91 Å². The number of hydrogen-bond acceptors (Lipinski definition) is 4. The molecule has 2 saturated heterocycles. The van der Waals surface area contributed by atoms with Crippen LogP contribution >= 0.6 is 0 Å². The molecule has 0 aromatic heterocycles. The summed E-state index contributed by atoms with van der Waals surface area (Å²) in [7, 11) is 0. The van der Waals surface area contributed by atoms with Crippen LogP contribution in [0.4, 0.5) is 0 Å². The number of hydrogen-bond donors (Lipinski definition) is 1. The van der Waals surface area contributed by atoms with Crippen LogP contribution in [0, 0.1) is 5.92 Å². The lowest BCUT2D eigenvalue weighted by Crippen LogP contribution is -2.48. The van der Waals surface area contributed by atoms with E-state index in [1.54, 1.807) is 0 Å². The molecule has 3 aliphatic heterocycles. The van der Waals surface area contributed by atoms with E-state index in [4.69, 9.17) is 9.47 Å². The van der Waals surface area contributed by atoms with E-state index in [0.29, 0.717) is 42.2 Å². The molecule has 2 unspecified atom stereocenters. The van der Waals surface area contributed by atoms with Crippen molar-refractivity contribution >= 4 is 5.91 Å². The summed E-state index contributed by atoms with van der Waals surface area (Å²) < 4.78 is 11.3. The number of benzene rings is 1. The Kier molecular flexibility index (Phi) is 3.22. The second-order valence-corrected chi connectivity index (χ2v) is 5.96. The van der Waals surface area contributed by atoms with Gasteiger partial charge in [0.15, 0.2) is 11.5 Å². The van der Waals surface area contributed by atoms with Crippen LogP contribution in [0.2, 0.25) is 0 Å². The molecular weight excluding hydrogens is 268 g/mol. The lowest BCUT2D eigenvalue weighted by Gasteiger charge is -2.37. The Morgan fingerprint density at radius 3 is 3.10 bits per heavy atom. The molecule has 3 heterocycles. The van der Waals surface area contributed by atoms with Crippen molar-refractivity contribution in [3.63, 3.8) is 0 Å². The van der Waals surface area contributed by atoms with Gasteiger partial charge in [-0.25, -0.2) is 0 Å². The molecule has 21 heavy (non-hydrogen) atoms. The number of rotatable bonds is 1. The molecule has 5 heteroatoms. The zero-order valence-corrected chi connectivity index (χ0v) is 12.0. The van der Waals surface area contributed by atoms with Gasteiger partial charge in [-0.15, -0.1) is 0 Å². The third kappa shape index (κ3) is 2.16. The fraction of sp³-hybridized carbons (Fsp3) is 0.562. The van der Waals surface area contributed by atoms with Crippen molar-refractivity contribution in [3.05, 3.63) is 23.8 Å². The van der Waals surface area contributed by atoms with Gasteiger partial charge in [0.1, 0.15) is 13.2 Å². The standard InChI is InChI=1S/C16H20N2O3/c19-16(18-6-2-3-11-9-17-10-13(11)18)12-4-1-5-14-15(12)21-8-7-20-14/h1,4-5,11,13,17H,2-3,6-10H2. The molecule has 1 amide bonds. The van der Waals surface area contributed by atoms with E-state index < -0.39 is 0 Å². The first-order valence-corrected chi connectivity index (χ1v) is 7.75. The maximum atomic E-state index is 13.0. The topological polar surface area (TPSA) is 50.8 Å².